The first-order valence-corrected chi connectivity index (χ1v) is 16.1. The van der Waals surface area contributed by atoms with E-state index in [4.69, 9.17) is 9.47 Å². The van der Waals surface area contributed by atoms with Crippen LogP contribution in [-0.2, 0) is 30.3 Å². The maximum Gasteiger partial charge on any atom is 0.337 e. The van der Waals surface area contributed by atoms with Crippen LogP contribution >= 0.6 is 0 Å². The number of carbonyl (C=O) groups excluding carboxylic acids is 3. The van der Waals surface area contributed by atoms with Gasteiger partial charge in [0.2, 0.25) is 11.8 Å². The van der Waals surface area contributed by atoms with Gasteiger partial charge in [-0.25, -0.2) is 9.18 Å². The molecule has 2 N–H and O–H groups in total. The molecule has 1 aromatic carbocycles. The number of benzene rings is 1. The highest BCUT2D eigenvalue weighted by atomic mass is 19.1. The van der Waals surface area contributed by atoms with Crippen molar-refractivity contribution < 1.29 is 28.2 Å². The van der Waals surface area contributed by atoms with E-state index in [1.165, 1.54) is 31.4 Å². The van der Waals surface area contributed by atoms with Gasteiger partial charge in [-0.2, -0.15) is 0 Å². The van der Waals surface area contributed by atoms with Crippen LogP contribution in [0, 0.1) is 17.2 Å². The van der Waals surface area contributed by atoms with E-state index in [-0.39, 0.29) is 35.4 Å². The molecule has 2 amide bonds. The molecule has 3 fully saturated rings. The lowest BCUT2D eigenvalue weighted by atomic mass is 9.64. The molecule has 240 valence electrons. The molecule has 0 spiro atoms. The van der Waals surface area contributed by atoms with Crippen LogP contribution < -0.4 is 10.6 Å². The molecular formula is C33H51FN4O5. The van der Waals surface area contributed by atoms with Crippen LogP contribution in [0.4, 0.5) is 4.39 Å². The largest absolute Gasteiger partial charge is 0.464 e. The van der Waals surface area contributed by atoms with Crippen LogP contribution in [0.3, 0.4) is 0 Å². The van der Waals surface area contributed by atoms with Crippen molar-refractivity contribution in [2.75, 3.05) is 53.0 Å². The Bertz CT molecular complexity index is 1080. The van der Waals surface area contributed by atoms with Gasteiger partial charge in [-0.15, -0.1) is 0 Å². The number of nitrogens with one attached hydrogen (secondary N) is 2. The van der Waals surface area contributed by atoms with Gasteiger partial charge in [0.25, 0.3) is 0 Å². The number of ether oxygens (including phenoxy) is 2. The first-order chi connectivity index (χ1) is 20.5. The van der Waals surface area contributed by atoms with E-state index in [1.807, 2.05) is 11.9 Å². The van der Waals surface area contributed by atoms with E-state index in [0.29, 0.717) is 45.3 Å². The van der Waals surface area contributed by atoms with Crippen molar-refractivity contribution >= 4 is 17.8 Å². The molecule has 2 saturated heterocycles. The fourth-order valence-corrected chi connectivity index (χ4v) is 6.87. The lowest BCUT2D eigenvalue weighted by Gasteiger charge is -2.49. The molecule has 3 aliphatic rings. The van der Waals surface area contributed by atoms with Crippen molar-refractivity contribution in [2.24, 2.45) is 11.3 Å². The van der Waals surface area contributed by atoms with E-state index >= 15 is 0 Å². The fraction of sp³-hybridized carbons (Fsp3) is 0.727. The summed E-state index contributed by atoms with van der Waals surface area (Å²) in [5.74, 6) is -0.546. The number of likely N-dealkylation sites (tertiary alicyclic amines) is 1. The zero-order valence-electron chi connectivity index (χ0n) is 26.5. The Morgan fingerprint density at radius 1 is 1.09 bits per heavy atom. The Kier molecular flexibility index (Phi) is 11.6. The minimum atomic E-state index is -1.05. The van der Waals surface area contributed by atoms with Crippen LogP contribution in [0.5, 0.6) is 0 Å². The number of amides is 2. The first kappa shape index (κ1) is 33.3. The predicted molar refractivity (Wildman–Crippen MR) is 163 cm³/mol. The molecular weight excluding hydrogens is 551 g/mol. The first-order valence-electron chi connectivity index (χ1n) is 16.1. The van der Waals surface area contributed by atoms with E-state index in [2.05, 4.69) is 15.5 Å². The standard InChI is InChI=1S/C33H51FN4O5/c1-5-42-31(41)32(2,3)43-23-33(25-9-7-6-8-10-25)15-18-38(19-16-33)30(40)27(21-24-11-13-26(34)14-12-24)36-29(39)28-22-37(4)20-17-35-28/h11-14,25,27-28,35H,5-10,15-23H2,1-4H3,(H,36,39)/t27-,28+/m1/s1. The molecule has 0 radical (unpaired) electrons. The quantitative estimate of drug-likeness (QED) is 0.375. The summed E-state index contributed by atoms with van der Waals surface area (Å²) in [6.45, 7) is 9.31. The Balaban J connectivity index is 1.47. The second kappa shape index (κ2) is 14.9. The van der Waals surface area contributed by atoms with Gasteiger partial charge in [-0.05, 0) is 82.5 Å². The maximum absolute atomic E-state index is 14.0. The van der Waals surface area contributed by atoms with Crippen molar-refractivity contribution in [3.05, 3.63) is 35.6 Å². The van der Waals surface area contributed by atoms with Gasteiger partial charge >= 0.3 is 5.97 Å². The van der Waals surface area contributed by atoms with Crippen LogP contribution in [0.25, 0.3) is 0 Å². The number of halogens is 1. The number of likely N-dealkylation sites (N-methyl/N-ethyl adjacent to an activating group) is 1. The molecule has 2 heterocycles. The van der Waals surface area contributed by atoms with Crippen LogP contribution in [0.1, 0.15) is 71.3 Å². The average Bonchev–Trinajstić information content (AvgIpc) is 3.01. The topological polar surface area (TPSA) is 100 Å². The van der Waals surface area contributed by atoms with Gasteiger partial charge in [-0.1, -0.05) is 31.4 Å². The third-order valence-electron chi connectivity index (χ3n) is 9.69. The van der Waals surface area contributed by atoms with E-state index < -0.39 is 17.7 Å². The monoisotopic (exact) mass is 602 g/mol. The molecule has 9 nitrogen and oxygen atoms in total. The number of carbonyl (C=O) groups is 3. The molecule has 10 heteroatoms. The highest BCUT2D eigenvalue weighted by Crippen LogP contribution is 2.46. The van der Waals surface area contributed by atoms with E-state index in [1.54, 1.807) is 32.9 Å². The zero-order valence-corrected chi connectivity index (χ0v) is 26.5. The van der Waals surface area contributed by atoms with E-state index in [0.717, 1.165) is 37.8 Å². The number of piperidine rings is 1. The number of hydrogen-bond donors (Lipinski definition) is 2. The Labute approximate surface area is 256 Å². The molecule has 1 saturated carbocycles. The summed E-state index contributed by atoms with van der Waals surface area (Å²) in [6, 6.07) is 4.94. The SMILES string of the molecule is CCOC(=O)C(C)(C)OCC1(C2CCCCC2)CCN(C(=O)[C@@H](Cc2ccc(F)cc2)NC(=O)[C@@H]2CN(C)CCN2)CC1. The van der Waals surface area contributed by atoms with Crippen LogP contribution in [0.2, 0.25) is 0 Å². The number of hydrogen-bond acceptors (Lipinski definition) is 7. The van der Waals surface area contributed by atoms with Crippen LogP contribution in [0.15, 0.2) is 24.3 Å². The average molecular weight is 603 g/mol. The fourth-order valence-electron chi connectivity index (χ4n) is 6.87. The molecule has 2 atom stereocenters. The second-order valence-corrected chi connectivity index (χ2v) is 13.2. The summed E-state index contributed by atoms with van der Waals surface area (Å²) < 4.78 is 25.2. The van der Waals surface area contributed by atoms with Crippen LogP contribution in [-0.4, -0.2) is 98.3 Å². The Morgan fingerprint density at radius 2 is 1.77 bits per heavy atom. The molecule has 1 aliphatic carbocycles. The molecule has 43 heavy (non-hydrogen) atoms. The third kappa shape index (κ3) is 8.76. The van der Waals surface area contributed by atoms with Crippen molar-refractivity contribution in [1.82, 2.24) is 20.4 Å². The summed E-state index contributed by atoms with van der Waals surface area (Å²) in [5.41, 5.74) is -0.388. The van der Waals surface area contributed by atoms with Gasteiger partial charge in [0.1, 0.15) is 11.9 Å². The van der Waals surface area contributed by atoms with Gasteiger partial charge in [0, 0.05) is 39.1 Å². The van der Waals surface area contributed by atoms with Gasteiger partial charge in [-0.3, -0.25) is 9.59 Å². The van der Waals surface area contributed by atoms with Crippen molar-refractivity contribution in [1.29, 1.82) is 0 Å². The molecule has 4 rings (SSSR count). The highest BCUT2D eigenvalue weighted by molar-refractivity contribution is 5.90. The molecule has 0 unspecified atom stereocenters. The molecule has 0 aromatic heterocycles. The number of nitrogens with zero attached hydrogens (tertiary/aromatic N) is 2. The lowest BCUT2D eigenvalue weighted by molar-refractivity contribution is -0.176. The molecule has 1 aromatic rings. The molecule has 0 bridgehead atoms. The zero-order chi connectivity index (χ0) is 31.0. The molecule has 2 aliphatic heterocycles. The maximum atomic E-state index is 14.0. The second-order valence-electron chi connectivity index (χ2n) is 13.2. The normalized spacial score (nSPS) is 22.5. The number of piperazine rings is 1. The lowest BCUT2D eigenvalue weighted by Crippen LogP contribution is -2.60. The summed E-state index contributed by atoms with van der Waals surface area (Å²) in [7, 11) is 1.98. The number of esters is 1. The summed E-state index contributed by atoms with van der Waals surface area (Å²) >= 11 is 0. The van der Waals surface area contributed by atoms with Gasteiger partial charge in [0.05, 0.1) is 19.3 Å². The highest BCUT2D eigenvalue weighted by Gasteiger charge is 2.45. The Hall–Kier alpha value is -2.56. The third-order valence-corrected chi connectivity index (χ3v) is 9.69. The van der Waals surface area contributed by atoms with Crippen molar-refractivity contribution in [3.63, 3.8) is 0 Å². The summed E-state index contributed by atoms with van der Waals surface area (Å²) in [6.07, 6.45) is 7.70. The van der Waals surface area contributed by atoms with Gasteiger partial charge < -0.3 is 29.9 Å². The van der Waals surface area contributed by atoms with Crippen molar-refractivity contribution in [2.45, 2.75) is 89.8 Å². The summed E-state index contributed by atoms with van der Waals surface area (Å²) in [4.78, 5) is 43.8. The van der Waals surface area contributed by atoms with E-state index in [9.17, 15) is 18.8 Å². The minimum absolute atomic E-state index is 0.119. The smallest absolute Gasteiger partial charge is 0.337 e. The minimum Gasteiger partial charge on any atom is -0.464 e. The van der Waals surface area contributed by atoms with Crippen molar-refractivity contribution in [3.8, 4) is 0 Å². The number of rotatable bonds is 11. The Morgan fingerprint density at radius 3 is 2.40 bits per heavy atom. The summed E-state index contributed by atoms with van der Waals surface area (Å²) in [5, 5.41) is 6.29. The van der Waals surface area contributed by atoms with Gasteiger partial charge in [0.15, 0.2) is 5.60 Å². The predicted octanol–water partition coefficient (Wildman–Crippen LogP) is 3.30.